The lowest BCUT2D eigenvalue weighted by atomic mass is 9.79. The largest absolute Gasteiger partial charge is 0.329 e. The van der Waals surface area contributed by atoms with E-state index in [1.165, 1.54) is 29.9 Å². The first-order valence-corrected chi connectivity index (χ1v) is 7.85. The number of carbonyl (C=O) groups is 1. The number of aromatic nitrogens is 3. The molecule has 1 aliphatic rings. The fourth-order valence-corrected chi connectivity index (χ4v) is 3.45. The number of hydrogen-bond acceptors (Lipinski definition) is 4. The van der Waals surface area contributed by atoms with Crippen LogP contribution in [0.15, 0.2) is 40.1 Å². The molecule has 1 N–H and O–H groups in total. The molecule has 0 saturated carbocycles. The molecular weight excluding hydrogens is 325 g/mol. The smallest absolute Gasteiger partial charge is 0.294 e. The maximum Gasteiger partial charge on any atom is 0.329 e. The molecule has 1 aliphatic carbocycles. The van der Waals surface area contributed by atoms with Crippen LogP contribution in [0, 0.1) is 5.82 Å². The first kappa shape index (κ1) is 15.4. The van der Waals surface area contributed by atoms with Gasteiger partial charge < -0.3 is 0 Å². The molecule has 0 amide bonds. The number of benzene rings is 1. The molecule has 7 heteroatoms. The molecule has 0 fully saturated rings. The van der Waals surface area contributed by atoms with E-state index >= 15 is 0 Å². The zero-order valence-corrected chi connectivity index (χ0v) is 13.4. The normalized spacial score (nSPS) is 16.9. The molecule has 0 saturated heterocycles. The Morgan fingerprint density at radius 3 is 2.60 bits per heavy atom. The van der Waals surface area contributed by atoms with Crippen molar-refractivity contribution in [3.8, 4) is 0 Å². The van der Waals surface area contributed by atoms with Gasteiger partial charge in [-0.05, 0) is 35.6 Å². The summed E-state index contributed by atoms with van der Waals surface area (Å²) in [5, 5.41) is 0.264. The molecule has 6 nitrogen and oxygen atoms in total. The molecule has 0 radical (unpaired) electrons. The number of nitrogens with zero attached hydrogens (tertiary/aromatic N) is 2. The van der Waals surface area contributed by atoms with E-state index in [1.807, 2.05) is 0 Å². The number of aryl methyl sites for hydroxylation is 1. The molecule has 1 unspecified atom stereocenters. The summed E-state index contributed by atoms with van der Waals surface area (Å²) < 4.78 is 14.4. The van der Waals surface area contributed by atoms with Crippen LogP contribution in [0.3, 0.4) is 0 Å². The summed E-state index contributed by atoms with van der Waals surface area (Å²) >= 11 is 0. The fraction of sp³-hybridized carbons (Fsp3) is 0.222. The number of fused-ring (bicyclic) bond motifs is 3. The van der Waals surface area contributed by atoms with Gasteiger partial charge in [0.1, 0.15) is 11.5 Å². The van der Waals surface area contributed by atoms with Crippen molar-refractivity contribution in [2.75, 3.05) is 0 Å². The Morgan fingerprint density at radius 2 is 1.88 bits per heavy atom. The number of ketones is 1. The molecule has 4 rings (SSSR count). The van der Waals surface area contributed by atoms with Gasteiger partial charge in [0.15, 0.2) is 5.78 Å². The Labute approximate surface area is 141 Å². The topological polar surface area (TPSA) is 84.8 Å². The van der Waals surface area contributed by atoms with Gasteiger partial charge in [-0.2, -0.15) is 0 Å². The molecule has 0 aliphatic heterocycles. The lowest BCUT2D eigenvalue weighted by Gasteiger charge is -2.24. The van der Waals surface area contributed by atoms with Crippen LogP contribution in [-0.2, 0) is 13.5 Å². The van der Waals surface area contributed by atoms with Crippen LogP contribution in [0.4, 0.5) is 4.39 Å². The third-order valence-electron chi connectivity index (χ3n) is 4.76. The Balaban J connectivity index is 1.94. The second-order valence-corrected chi connectivity index (χ2v) is 6.25. The summed E-state index contributed by atoms with van der Waals surface area (Å²) in [5.41, 5.74) is 0.992. The highest BCUT2D eigenvalue weighted by atomic mass is 19.1. The molecule has 126 valence electrons. The summed E-state index contributed by atoms with van der Waals surface area (Å²) in [6.07, 6.45) is 2.16. The number of nitrogens with one attached hydrogen (secondary N) is 1. The average Bonchev–Trinajstić information content (AvgIpc) is 2.59. The van der Waals surface area contributed by atoms with Gasteiger partial charge in [0.2, 0.25) is 0 Å². The van der Waals surface area contributed by atoms with E-state index in [0.717, 1.165) is 5.56 Å². The first-order chi connectivity index (χ1) is 12.0. The van der Waals surface area contributed by atoms with Crippen molar-refractivity contribution >= 4 is 16.8 Å². The number of rotatable bonds is 1. The molecule has 2 heterocycles. The monoisotopic (exact) mass is 339 g/mol. The van der Waals surface area contributed by atoms with Gasteiger partial charge in [-0.1, -0.05) is 12.1 Å². The number of hydrogen-bond donors (Lipinski definition) is 1. The SMILES string of the molecule is Cn1c(=O)[nH]c(=O)c2c3c(cnc21)C(=O)CC(c1ccc(F)cc1)C3. The van der Waals surface area contributed by atoms with Crippen LogP contribution in [-0.4, -0.2) is 20.3 Å². The van der Waals surface area contributed by atoms with Gasteiger partial charge in [-0.25, -0.2) is 14.2 Å². The second-order valence-electron chi connectivity index (χ2n) is 6.25. The van der Waals surface area contributed by atoms with Gasteiger partial charge in [0.05, 0.1) is 5.39 Å². The zero-order valence-electron chi connectivity index (χ0n) is 13.4. The molecule has 1 atom stereocenters. The van der Waals surface area contributed by atoms with Crippen LogP contribution in [0.2, 0.25) is 0 Å². The molecule has 2 aromatic heterocycles. The van der Waals surface area contributed by atoms with Gasteiger partial charge in [-0.3, -0.25) is 19.1 Å². The molecule has 3 aromatic rings. The second kappa shape index (κ2) is 5.47. The van der Waals surface area contributed by atoms with Crippen molar-refractivity contribution in [2.45, 2.75) is 18.8 Å². The maximum atomic E-state index is 13.2. The van der Waals surface area contributed by atoms with Crippen LogP contribution >= 0.6 is 0 Å². The third kappa shape index (κ3) is 2.39. The third-order valence-corrected chi connectivity index (χ3v) is 4.76. The molecule has 0 bridgehead atoms. The Hall–Kier alpha value is -3.09. The highest BCUT2D eigenvalue weighted by Gasteiger charge is 2.29. The van der Waals surface area contributed by atoms with Crippen molar-refractivity contribution in [2.24, 2.45) is 7.05 Å². The van der Waals surface area contributed by atoms with Gasteiger partial charge in [-0.15, -0.1) is 0 Å². The fourth-order valence-electron chi connectivity index (χ4n) is 3.45. The summed E-state index contributed by atoms with van der Waals surface area (Å²) in [6, 6.07) is 6.02. The summed E-state index contributed by atoms with van der Waals surface area (Å²) in [6.45, 7) is 0. The number of Topliss-reactive ketones (excluding diaryl/α,β-unsaturated/α-hetero) is 1. The van der Waals surface area contributed by atoms with E-state index in [2.05, 4.69) is 9.97 Å². The Bertz CT molecular complexity index is 1130. The molecule has 0 spiro atoms. The minimum absolute atomic E-state index is 0.113. The highest BCUT2D eigenvalue weighted by molar-refractivity contribution is 6.02. The van der Waals surface area contributed by atoms with E-state index in [9.17, 15) is 18.8 Å². The number of carbonyl (C=O) groups excluding carboxylic acids is 1. The standard InChI is InChI=1S/C18H14FN3O3/c1-22-16-15(17(24)21-18(22)25)12-6-10(7-14(23)13(12)8-20-16)9-2-4-11(19)5-3-9/h2-5,8,10H,6-7H2,1H3,(H,21,24,25). The van der Waals surface area contributed by atoms with Crippen molar-refractivity contribution < 1.29 is 9.18 Å². The maximum absolute atomic E-state index is 13.2. The number of halogens is 1. The Morgan fingerprint density at radius 1 is 1.16 bits per heavy atom. The number of aromatic amines is 1. The number of H-pyrrole nitrogens is 1. The van der Waals surface area contributed by atoms with Crippen LogP contribution in [0.25, 0.3) is 11.0 Å². The zero-order chi connectivity index (χ0) is 17.7. The van der Waals surface area contributed by atoms with Crippen molar-refractivity contribution in [1.29, 1.82) is 0 Å². The molecule has 1 aromatic carbocycles. The summed E-state index contributed by atoms with van der Waals surface area (Å²) in [5.74, 6) is -0.603. The minimum Gasteiger partial charge on any atom is -0.294 e. The van der Waals surface area contributed by atoms with E-state index in [1.54, 1.807) is 12.1 Å². The van der Waals surface area contributed by atoms with Crippen LogP contribution in [0.5, 0.6) is 0 Å². The van der Waals surface area contributed by atoms with E-state index in [4.69, 9.17) is 0 Å². The lowest BCUT2D eigenvalue weighted by molar-refractivity contribution is 0.0964. The van der Waals surface area contributed by atoms with Gasteiger partial charge in [0.25, 0.3) is 5.56 Å². The van der Waals surface area contributed by atoms with Crippen molar-refractivity contribution in [1.82, 2.24) is 14.5 Å². The first-order valence-electron chi connectivity index (χ1n) is 7.85. The quantitative estimate of drug-likeness (QED) is 0.731. The number of pyridine rings is 1. The minimum atomic E-state index is -0.554. The summed E-state index contributed by atoms with van der Waals surface area (Å²) in [7, 11) is 1.52. The van der Waals surface area contributed by atoms with E-state index < -0.39 is 11.2 Å². The molecular formula is C18H14FN3O3. The van der Waals surface area contributed by atoms with Crippen LogP contribution in [0.1, 0.15) is 33.8 Å². The average molecular weight is 339 g/mol. The highest BCUT2D eigenvalue weighted by Crippen LogP contribution is 2.34. The molecule has 25 heavy (non-hydrogen) atoms. The van der Waals surface area contributed by atoms with E-state index in [-0.39, 0.29) is 35.0 Å². The van der Waals surface area contributed by atoms with Gasteiger partial charge in [0, 0.05) is 25.2 Å². The van der Waals surface area contributed by atoms with Gasteiger partial charge >= 0.3 is 5.69 Å². The lowest BCUT2D eigenvalue weighted by Crippen LogP contribution is -2.31. The van der Waals surface area contributed by atoms with Crippen LogP contribution < -0.4 is 11.2 Å². The Kier molecular flexibility index (Phi) is 3.38. The summed E-state index contributed by atoms with van der Waals surface area (Å²) in [4.78, 5) is 43.1. The predicted molar refractivity (Wildman–Crippen MR) is 89.4 cm³/mol. The van der Waals surface area contributed by atoms with Crippen molar-refractivity contribution in [3.63, 3.8) is 0 Å². The van der Waals surface area contributed by atoms with Crippen molar-refractivity contribution in [3.05, 3.63) is 73.8 Å². The van der Waals surface area contributed by atoms with E-state index in [0.29, 0.717) is 17.5 Å². The predicted octanol–water partition coefficient (Wildman–Crippen LogP) is 1.67.